The van der Waals surface area contributed by atoms with Gasteiger partial charge in [-0.25, -0.2) is 4.79 Å². The summed E-state index contributed by atoms with van der Waals surface area (Å²) in [5.74, 6) is -1.82. The molecule has 3 rings (SSSR count). The molecule has 0 bridgehead atoms. The number of nitrogens with one attached hydrogen (secondary N) is 2. The number of carbonyl (C=O) groups excluding carboxylic acids is 2. The zero-order chi connectivity index (χ0) is 20.3. The molecule has 0 aromatic heterocycles. The molecule has 1 unspecified atom stereocenters. The number of hydrogen-bond donors (Lipinski definition) is 3. The van der Waals surface area contributed by atoms with Crippen molar-refractivity contribution in [3.8, 4) is 11.1 Å². The highest BCUT2D eigenvalue weighted by atomic mass is 16.5. The molecule has 7 heteroatoms. The van der Waals surface area contributed by atoms with Gasteiger partial charge in [-0.3, -0.25) is 9.59 Å². The van der Waals surface area contributed by atoms with Gasteiger partial charge in [0.15, 0.2) is 0 Å². The third-order valence-corrected chi connectivity index (χ3v) is 4.80. The number of carboxylic acid groups (broad SMARTS) is 1. The van der Waals surface area contributed by atoms with Gasteiger partial charge >= 0.3 is 12.1 Å². The number of carboxylic acids is 1. The predicted molar refractivity (Wildman–Crippen MR) is 103 cm³/mol. The Bertz CT molecular complexity index is 866. The number of benzene rings is 2. The van der Waals surface area contributed by atoms with Gasteiger partial charge in [-0.05, 0) is 36.1 Å². The van der Waals surface area contributed by atoms with E-state index in [4.69, 9.17) is 9.84 Å². The predicted octanol–water partition coefficient (Wildman–Crippen LogP) is 2.50. The lowest BCUT2D eigenvalue weighted by Crippen LogP contribution is -2.49. The first-order valence-corrected chi connectivity index (χ1v) is 9.03. The van der Waals surface area contributed by atoms with E-state index < -0.39 is 30.1 Å². The van der Waals surface area contributed by atoms with Gasteiger partial charge < -0.3 is 20.5 Å². The summed E-state index contributed by atoms with van der Waals surface area (Å²) in [4.78, 5) is 34.9. The molecule has 1 aliphatic carbocycles. The normalized spacial score (nSPS) is 14.4. The van der Waals surface area contributed by atoms with Crippen LogP contribution in [0.15, 0.2) is 48.5 Å². The molecule has 0 radical (unpaired) electrons. The van der Waals surface area contributed by atoms with Crippen molar-refractivity contribution >= 4 is 18.0 Å². The lowest BCUT2D eigenvalue weighted by atomic mass is 9.98. The van der Waals surface area contributed by atoms with E-state index in [1.165, 1.54) is 13.8 Å². The average molecular weight is 382 g/mol. The molecule has 2 aromatic carbocycles. The summed E-state index contributed by atoms with van der Waals surface area (Å²) in [5.41, 5.74) is 4.44. The molecule has 146 valence electrons. The molecule has 0 saturated carbocycles. The van der Waals surface area contributed by atoms with Crippen molar-refractivity contribution in [1.29, 1.82) is 0 Å². The van der Waals surface area contributed by atoms with E-state index in [0.29, 0.717) is 0 Å². The molecular weight excluding hydrogens is 360 g/mol. The van der Waals surface area contributed by atoms with Crippen LogP contribution in [0.3, 0.4) is 0 Å². The molecule has 7 nitrogen and oxygen atoms in total. The first kappa shape index (κ1) is 19.4. The zero-order valence-corrected chi connectivity index (χ0v) is 15.6. The summed E-state index contributed by atoms with van der Waals surface area (Å²) >= 11 is 0. The summed E-state index contributed by atoms with van der Waals surface area (Å²) in [7, 11) is 0. The summed E-state index contributed by atoms with van der Waals surface area (Å²) < 4.78 is 5.37. The van der Waals surface area contributed by atoms with E-state index in [1.807, 2.05) is 48.5 Å². The van der Waals surface area contributed by atoms with Crippen molar-refractivity contribution in [2.24, 2.45) is 0 Å². The molecule has 0 fully saturated rings. The van der Waals surface area contributed by atoms with Gasteiger partial charge in [0.1, 0.15) is 18.7 Å². The Balaban J connectivity index is 1.61. The van der Waals surface area contributed by atoms with E-state index in [9.17, 15) is 14.4 Å². The maximum Gasteiger partial charge on any atom is 0.407 e. The van der Waals surface area contributed by atoms with E-state index in [-0.39, 0.29) is 12.5 Å². The number of alkyl carbamates (subject to hydrolysis) is 1. The van der Waals surface area contributed by atoms with E-state index >= 15 is 0 Å². The number of hydrogen-bond acceptors (Lipinski definition) is 4. The topological polar surface area (TPSA) is 105 Å². The number of aliphatic carboxylic acids is 1. The van der Waals surface area contributed by atoms with E-state index in [1.54, 1.807) is 0 Å². The molecule has 0 aliphatic heterocycles. The van der Waals surface area contributed by atoms with Crippen LogP contribution in [0.2, 0.25) is 0 Å². The van der Waals surface area contributed by atoms with Crippen molar-refractivity contribution in [3.05, 3.63) is 59.7 Å². The molecule has 0 spiro atoms. The van der Waals surface area contributed by atoms with Crippen LogP contribution in [-0.2, 0) is 14.3 Å². The summed E-state index contributed by atoms with van der Waals surface area (Å²) in [6.07, 6.45) is -0.729. The van der Waals surface area contributed by atoms with Crippen LogP contribution in [0.5, 0.6) is 0 Å². The molecule has 3 N–H and O–H groups in total. The van der Waals surface area contributed by atoms with E-state index in [0.717, 1.165) is 22.3 Å². The van der Waals surface area contributed by atoms with Crippen LogP contribution in [0.25, 0.3) is 11.1 Å². The number of amides is 2. The van der Waals surface area contributed by atoms with Crippen LogP contribution < -0.4 is 10.6 Å². The van der Waals surface area contributed by atoms with Gasteiger partial charge in [-0.2, -0.15) is 0 Å². The van der Waals surface area contributed by atoms with Crippen LogP contribution in [0.1, 0.15) is 30.9 Å². The Hall–Kier alpha value is -3.35. The Morgan fingerprint density at radius 3 is 2.00 bits per heavy atom. The van der Waals surface area contributed by atoms with E-state index in [2.05, 4.69) is 10.6 Å². The number of fused-ring (bicyclic) bond motifs is 3. The van der Waals surface area contributed by atoms with Gasteiger partial charge in [0.2, 0.25) is 5.91 Å². The molecule has 2 amide bonds. The maximum atomic E-state index is 12.1. The van der Waals surface area contributed by atoms with Crippen molar-refractivity contribution in [2.45, 2.75) is 31.8 Å². The van der Waals surface area contributed by atoms with Gasteiger partial charge in [-0.15, -0.1) is 0 Å². The Morgan fingerprint density at radius 1 is 0.929 bits per heavy atom. The number of rotatable bonds is 6. The van der Waals surface area contributed by atoms with Gasteiger partial charge in [-0.1, -0.05) is 48.5 Å². The minimum Gasteiger partial charge on any atom is -0.480 e. The molecule has 28 heavy (non-hydrogen) atoms. The molecule has 0 saturated heterocycles. The Labute approximate surface area is 162 Å². The largest absolute Gasteiger partial charge is 0.480 e. The molecule has 1 aliphatic rings. The highest BCUT2D eigenvalue weighted by Gasteiger charge is 2.29. The lowest BCUT2D eigenvalue weighted by Gasteiger charge is -2.18. The summed E-state index contributed by atoms with van der Waals surface area (Å²) in [6.45, 7) is 2.95. The number of carbonyl (C=O) groups is 3. The maximum absolute atomic E-state index is 12.1. The van der Waals surface area contributed by atoms with Gasteiger partial charge in [0, 0.05) is 5.92 Å². The van der Waals surface area contributed by atoms with Crippen LogP contribution in [0, 0.1) is 0 Å². The third-order valence-electron chi connectivity index (χ3n) is 4.80. The van der Waals surface area contributed by atoms with Crippen molar-refractivity contribution in [3.63, 3.8) is 0 Å². The fraction of sp³-hybridized carbons (Fsp3) is 0.286. The Kier molecular flexibility index (Phi) is 5.63. The second-order valence-corrected chi connectivity index (χ2v) is 6.76. The second kappa shape index (κ2) is 8.12. The monoisotopic (exact) mass is 382 g/mol. The second-order valence-electron chi connectivity index (χ2n) is 6.76. The standard InChI is InChI=1S/C21H22N2O5/c1-12(19(24)22-13(2)20(25)26)23-21(27)28-11-18-16-9-5-3-7-14(16)15-8-4-6-10-17(15)18/h3-10,12-13,18H,11H2,1-2H3,(H,22,24)(H,23,27)(H,25,26)/t12-,13?/m1/s1. The SMILES string of the molecule is CC(NC(=O)[C@@H](C)NC(=O)OCC1c2ccccc2-c2ccccc21)C(=O)O. The summed E-state index contributed by atoms with van der Waals surface area (Å²) in [6, 6.07) is 14.0. The van der Waals surface area contributed by atoms with Crippen LogP contribution in [0.4, 0.5) is 4.79 Å². The molecule has 2 atom stereocenters. The fourth-order valence-corrected chi connectivity index (χ4v) is 3.28. The molecule has 0 heterocycles. The van der Waals surface area contributed by atoms with Gasteiger partial charge in [0.05, 0.1) is 0 Å². The molecular formula is C21H22N2O5. The quantitative estimate of drug-likeness (QED) is 0.712. The van der Waals surface area contributed by atoms with Crippen molar-refractivity contribution in [2.75, 3.05) is 6.61 Å². The Morgan fingerprint density at radius 2 is 1.46 bits per heavy atom. The minimum absolute atomic E-state index is 0.0747. The lowest BCUT2D eigenvalue weighted by molar-refractivity contribution is -0.141. The first-order valence-electron chi connectivity index (χ1n) is 9.03. The van der Waals surface area contributed by atoms with Crippen molar-refractivity contribution < 1.29 is 24.2 Å². The average Bonchev–Trinajstić information content (AvgIpc) is 3.00. The van der Waals surface area contributed by atoms with Crippen molar-refractivity contribution in [1.82, 2.24) is 10.6 Å². The van der Waals surface area contributed by atoms with Crippen LogP contribution in [-0.4, -0.2) is 41.8 Å². The highest BCUT2D eigenvalue weighted by Crippen LogP contribution is 2.44. The molecule has 2 aromatic rings. The third kappa shape index (κ3) is 3.98. The number of ether oxygens (including phenoxy) is 1. The smallest absolute Gasteiger partial charge is 0.407 e. The first-order chi connectivity index (χ1) is 13.4. The van der Waals surface area contributed by atoms with Gasteiger partial charge in [0.25, 0.3) is 0 Å². The summed E-state index contributed by atoms with van der Waals surface area (Å²) in [5, 5.41) is 13.6. The minimum atomic E-state index is -1.15. The fourth-order valence-electron chi connectivity index (χ4n) is 3.28. The zero-order valence-electron chi connectivity index (χ0n) is 15.6. The van der Waals surface area contributed by atoms with Crippen LogP contribution >= 0.6 is 0 Å². The highest BCUT2D eigenvalue weighted by molar-refractivity contribution is 5.88.